The molecule has 9 heteroatoms. The van der Waals surface area contributed by atoms with E-state index >= 15 is 0 Å². The summed E-state index contributed by atoms with van der Waals surface area (Å²) in [6.07, 6.45) is 8.64. The SMILES string of the molecule is O=C(Nc1cncc(-c2ccc3[nH]nc(-c4nc5c(-c6ccncc6)nccc5[nH]4)c3c2)c1)c1ccccc1. The van der Waals surface area contributed by atoms with Crippen LogP contribution in [0.1, 0.15) is 10.4 Å². The number of pyridine rings is 3. The first-order valence-corrected chi connectivity index (χ1v) is 12.3. The van der Waals surface area contributed by atoms with Crippen LogP contribution in [-0.4, -0.2) is 41.0 Å². The average molecular weight is 509 g/mol. The molecule has 0 radical (unpaired) electrons. The lowest BCUT2D eigenvalue weighted by Gasteiger charge is -2.08. The molecule has 3 N–H and O–H groups in total. The first-order chi connectivity index (χ1) is 19.2. The summed E-state index contributed by atoms with van der Waals surface area (Å²) in [5, 5.41) is 11.5. The van der Waals surface area contributed by atoms with Crippen molar-refractivity contribution in [3.8, 4) is 33.9 Å². The number of imidazole rings is 1. The molecule has 0 spiro atoms. The molecule has 0 aliphatic carbocycles. The molecule has 7 rings (SSSR count). The normalized spacial score (nSPS) is 11.2. The molecule has 0 aliphatic heterocycles. The van der Waals surface area contributed by atoms with E-state index in [-0.39, 0.29) is 5.91 Å². The molecule has 9 nitrogen and oxygen atoms in total. The van der Waals surface area contributed by atoms with E-state index in [2.05, 4.69) is 35.5 Å². The van der Waals surface area contributed by atoms with Crippen LogP contribution in [0.5, 0.6) is 0 Å². The average Bonchev–Trinajstić information content (AvgIpc) is 3.62. The third-order valence-corrected chi connectivity index (χ3v) is 6.51. The van der Waals surface area contributed by atoms with Crippen molar-refractivity contribution in [2.24, 2.45) is 0 Å². The summed E-state index contributed by atoms with van der Waals surface area (Å²) in [6.45, 7) is 0. The van der Waals surface area contributed by atoms with E-state index in [9.17, 15) is 4.79 Å². The van der Waals surface area contributed by atoms with E-state index in [0.717, 1.165) is 44.3 Å². The summed E-state index contributed by atoms with van der Waals surface area (Å²) in [5.41, 5.74) is 7.92. The Morgan fingerprint density at radius 3 is 2.49 bits per heavy atom. The predicted molar refractivity (Wildman–Crippen MR) is 150 cm³/mol. The number of aromatic amines is 2. The summed E-state index contributed by atoms with van der Waals surface area (Å²) in [7, 11) is 0. The van der Waals surface area contributed by atoms with Gasteiger partial charge in [-0.1, -0.05) is 24.3 Å². The zero-order valence-corrected chi connectivity index (χ0v) is 20.5. The van der Waals surface area contributed by atoms with Crippen molar-refractivity contribution in [1.29, 1.82) is 0 Å². The van der Waals surface area contributed by atoms with E-state index in [1.165, 1.54) is 0 Å². The Hall–Kier alpha value is -5.70. The molecular weight excluding hydrogens is 488 g/mol. The second-order valence-electron chi connectivity index (χ2n) is 8.99. The molecule has 0 unspecified atom stereocenters. The van der Waals surface area contributed by atoms with Crippen molar-refractivity contribution < 1.29 is 4.79 Å². The summed E-state index contributed by atoms with van der Waals surface area (Å²) in [5.74, 6) is 0.450. The number of aromatic nitrogens is 7. The number of hydrogen-bond donors (Lipinski definition) is 3. The second kappa shape index (κ2) is 9.31. The van der Waals surface area contributed by atoms with Crippen LogP contribution < -0.4 is 5.32 Å². The molecule has 1 amide bonds. The number of nitrogens with zero attached hydrogens (tertiary/aromatic N) is 5. The molecular formula is C30H20N8O. The van der Waals surface area contributed by atoms with Gasteiger partial charge in [-0.05, 0) is 54.1 Å². The van der Waals surface area contributed by atoms with Gasteiger partial charge in [-0.25, -0.2) is 4.98 Å². The highest BCUT2D eigenvalue weighted by Gasteiger charge is 2.16. The lowest BCUT2D eigenvalue weighted by Crippen LogP contribution is -2.11. The van der Waals surface area contributed by atoms with Crippen LogP contribution in [0.15, 0.2) is 104 Å². The lowest BCUT2D eigenvalue weighted by molar-refractivity contribution is 0.102. The number of carbonyl (C=O) groups is 1. The van der Waals surface area contributed by atoms with Crippen molar-refractivity contribution in [1.82, 2.24) is 35.1 Å². The van der Waals surface area contributed by atoms with Crippen LogP contribution in [0, 0.1) is 0 Å². The molecule has 0 fully saturated rings. The van der Waals surface area contributed by atoms with Crippen molar-refractivity contribution in [2.45, 2.75) is 0 Å². The smallest absolute Gasteiger partial charge is 0.255 e. The first-order valence-electron chi connectivity index (χ1n) is 12.3. The summed E-state index contributed by atoms with van der Waals surface area (Å²) < 4.78 is 0. The highest BCUT2D eigenvalue weighted by molar-refractivity contribution is 6.04. The summed E-state index contributed by atoms with van der Waals surface area (Å²) in [6, 6.07) is 22.7. The van der Waals surface area contributed by atoms with Gasteiger partial charge in [0.25, 0.3) is 5.91 Å². The minimum atomic E-state index is -0.187. The first kappa shape index (κ1) is 22.5. The van der Waals surface area contributed by atoms with Gasteiger partial charge in [0.05, 0.1) is 28.6 Å². The van der Waals surface area contributed by atoms with Gasteiger partial charge in [-0.2, -0.15) is 5.10 Å². The molecule has 5 aromatic heterocycles. The van der Waals surface area contributed by atoms with Crippen molar-refractivity contribution in [3.63, 3.8) is 0 Å². The fourth-order valence-electron chi connectivity index (χ4n) is 4.60. The summed E-state index contributed by atoms with van der Waals surface area (Å²) in [4.78, 5) is 33.9. The molecule has 0 aliphatic rings. The van der Waals surface area contributed by atoms with Gasteiger partial charge in [0.1, 0.15) is 11.2 Å². The zero-order chi connectivity index (χ0) is 26.2. The Morgan fingerprint density at radius 1 is 0.744 bits per heavy atom. The molecule has 186 valence electrons. The Labute approximate surface area is 222 Å². The number of benzene rings is 2. The predicted octanol–water partition coefficient (Wildman–Crippen LogP) is 5.88. The fourth-order valence-corrected chi connectivity index (χ4v) is 4.60. The molecule has 39 heavy (non-hydrogen) atoms. The van der Waals surface area contributed by atoms with Crippen LogP contribution in [-0.2, 0) is 0 Å². The Kier molecular flexibility index (Phi) is 5.37. The van der Waals surface area contributed by atoms with Gasteiger partial charge in [0, 0.05) is 46.9 Å². The quantitative estimate of drug-likeness (QED) is 0.267. The second-order valence-corrected chi connectivity index (χ2v) is 8.99. The molecule has 0 saturated heterocycles. The van der Waals surface area contributed by atoms with Crippen LogP contribution in [0.25, 0.3) is 55.8 Å². The van der Waals surface area contributed by atoms with Gasteiger partial charge in [-0.3, -0.25) is 24.8 Å². The Bertz CT molecular complexity index is 1960. The number of amides is 1. The highest BCUT2D eigenvalue weighted by atomic mass is 16.1. The number of anilines is 1. The minimum Gasteiger partial charge on any atom is -0.336 e. The third kappa shape index (κ3) is 4.17. The number of nitrogens with one attached hydrogen (secondary N) is 3. The molecule has 0 atom stereocenters. The van der Waals surface area contributed by atoms with Gasteiger partial charge in [0.2, 0.25) is 0 Å². The highest BCUT2D eigenvalue weighted by Crippen LogP contribution is 2.32. The molecule has 5 heterocycles. The van der Waals surface area contributed by atoms with Crippen molar-refractivity contribution in [2.75, 3.05) is 5.32 Å². The molecule has 7 aromatic rings. The maximum Gasteiger partial charge on any atom is 0.255 e. The molecule has 2 aromatic carbocycles. The molecule has 0 bridgehead atoms. The lowest BCUT2D eigenvalue weighted by atomic mass is 10.0. The molecule has 0 saturated carbocycles. The monoisotopic (exact) mass is 508 g/mol. The standard InChI is InChI=1S/C30H20N8O/c39-30(19-4-2-1-3-5-19)34-22-14-21(16-32-17-22)20-6-7-24-23(15-20)27(38-37-24)29-35-25-10-13-33-26(28(25)36-29)18-8-11-31-12-9-18/h1-17H,(H,34,39)(H,35,36)(H,37,38). The Morgan fingerprint density at radius 2 is 1.62 bits per heavy atom. The largest absolute Gasteiger partial charge is 0.336 e. The maximum atomic E-state index is 12.6. The van der Waals surface area contributed by atoms with Crippen LogP contribution >= 0.6 is 0 Å². The van der Waals surface area contributed by atoms with E-state index in [1.54, 1.807) is 43.1 Å². The number of fused-ring (bicyclic) bond motifs is 2. The number of H-pyrrole nitrogens is 2. The van der Waals surface area contributed by atoms with Gasteiger partial charge < -0.3 is 10.3 Å². The van der Waals surface area contributed by atoms with Crippen LogP contribution in [0.3, 0.4) is 0 Å². The van der Waals surface area contributed by atoms with Crippen molar-refractivity contribution >= 4 is 33.5 Å². The summed E-state index contributed by atoms with van der Waals surface area (Å²) >= 11 is 0. The van der Waals surface area contributed by atoms with Gasteiger partial charge in [0.15, 0.2) is 5.82 Å². The minimum absolute atomic E-state index is 0.187. The van der Waals surface area contributed by atoms with E-state index in [4.69, 9.17) is 4.98 Å². The third-order valence-electron chi connectivity index (χ3n) is 6.51. The van der Waals surface area contributed by atoms with Gasteiger partial charge >= 0.3 is 0 Å². The van der Waals surface area contributed by atoms with E-state index in [0.29, 0.717) is 22.8 Å². The fraction of sp³-hybridized carbons (Fsp3) is 0. The van der Waals surface area contributed by atoms with Crippen molar-refractivity contribution in [3.05, 3.63) is 109 Å². The van der Waals surface area contributed by atoms with Crippen LogP contribution in [0.2, 0.25) is 0 Å². The topological polar surface area (TPSA) is 125 Å². The number of rotatable bonds is 5. The van der Waals surface area contributed by atoms with E-state index < -0.39 is 0 Å². The van der Waals surface area contributed by atoms with E-state index in [1.807, 2.05) is 60.7 Å². The maximum absolute atomic E-state index is 12.6. The van der Waals surface area contributed by atoms with Crippen LogP contribution in [0.4, 0.5) is 5.69 Å². The Balaban J connectivity index is 1.25. The number of carbonyl (C=O) groups excluding carboxylic acids is 1. The van der Waals surface area contributed by atoms with Gasteiger partial charge in [-0.15, -0.1) is 0 Å². The zero-order valence-electron chi connectivity index (χ0n) is 20.5. The number of hydrogen-bond acceptors (Lipinski definition) is 6.